The van der Waals surface area contributed by atoms with E-state index < -0.39 is 10.3 Å². The number of anilines is 1. The molecule has 7 nitrogen and oxygen atoms in total. The highest BCUT2D eigenvalue weighted by atomic mass is 32.2. The Bertz CT molecular complexity index is 548. The lowest BCUT2D eigenvalue weighted by Crippen LogP contribution is -2.06. The first-order valence-electron chi connectivity index (χ1n) is 4.33. The van der Waals surface area contributed by atoms with E-state index in [1.807, 2.05) is 0 Å². The highest BCUT2D eigenvalue weighted by molar-refractivity contribution is 7.84. The third-order valence-corrected chi connectivity index (χ3v) is 1.86. The smallest absolute Gasteiger partial charge is 0.247 e. The van der Waals surface area contributed by atoms with Crippen molar-refractivity contribution in [2.24, 2.45) is 9.63 Å². The van der Waals surface area contributed by atoms with Gasteiger partial charge in [-0.25, -0.2) is 8.42 Å². The van der Waals surface area contributed by atoms with E-state index in [4.69, 9.17) is 0 Å². The predicted octanol–water partition coefficient (Wildman–Crippen LogP) is 1.35. The summed E-state index contributed by atoms with van der Waals surface area (Å²) in [7, 11) is -4.73. The molecule has 0 saturated carbocycles. The van der Waals surface area contributed by atoms with Gasteiger partial charge in [0.1, 0.15) is 0 Å². The number of hydrogen-bond acceptors (Lipinski definition) is 5. The van der Waals surface area contributed by atoms with Crippen LogP contribution in [0.5, 0.6) is 0 Å². The van der Waals surface area contributed by atoms with Gasteiger partial charge >= 0.3 is 0 Å². The molecule has 17 heavy (non-hydrogen) atoms. The normalized spacial score (nSPS) is 11.4. The van der Waals surface area contributed by atoms with E-state index in [-0.39, 0.29) is 11.6 Å². The van der Waals surface area contributed by atoms with Gasteiger partial charge in [0.05, 0.1) is 5.69 Å². The first kappa shape index (κ1) is 13.0. The summed E-state index contributed by atoms with van der Waals surface area (Å²) in [6, 6.07) is 5.75. The van der Waals surface area contributed by atoms with Gasteiger partial charge < -0.3 is 9.87 Å². The van der Waals surface area contributed by atoms with E-state index in [9.17, 15) is 17.8 Å². The number of benzene rings is 1. The second-order valence-electron chi connectivity index (χ2n) is 2.85. The van der Waals surface area contributed by atoms with Crippen molar-refractivity contribution < 1.29 is 17.8 Å². The largest absolute Gasteiger partial charge is 0.728 e. The predicted molar refractivity (Wildman–Crippen MR) is 59.5 cm³/mol. The summed E-state index contributed by atoms with van der Waals surface area (Å²) in [6.45, 7) is 3.28. The standard InChI is InChI=1S/C9H9N3O4S/c1-2-9(13)10-7-3-5-8(6-4-7)11-12-17(14,15)16/h2-6H,1H2,(H,10,13)(H,14,15,16)/p-1. The molecule has 0 aromatic heterocycles. The molecule has 1 aromatic carbocycles. The van der Waals surface area contributed by atoms with Crippen molar-refractivity contribution in [3.63, 3.8) is 0 Å². The zero-order valence-electron chi connectivity index (χ0n) is 8.53. The molecule has 0 saturated heterocycles. The van der Waals surface area contributed by atoms with Gasteiger partial charge in [0.15, 0.2) is 0 Å². The van der Waals surface area contributed by atoms with Crippen LogP contribution in [-0.4, -0.2) is 18.9 Å². The van der Waals surface area contributed by atoms with Crippen LogP contribution in [-0.2, 0) is 15.1 Å². The Morgan fingerprint density at radius 3 is 2.41 bits per heavy atom. The lowest BCUT2D eigenvalue weighted by molar-refractivity contribution is -0.111. The molecular weight excluding hydrogens is 246 g/mol. The Balaban J connectivity index is 2.78. The Kier molecular flexibility index (Phi) is 4.07. The second kappa shape index (κ2) is 5.32. The number of rotatable bonds is 4. The van der Waals surface area contributed by atoms with Crippen LogP contribution in [0.4, 0.5) is 11.4 Å². The van der Waals surface area contributed by atoms with Gasteiger partial charge in [0.2, 0.25) is 16.2 Å². The van der Waals surface area contributed by atoms with Crippen LogP contribution >= 0.6 is 0 Å². The van der Waals surface area contributed by atoms with Crippen molar-refractivity contribution in [1.29, 1.82) is 0 Å². The van der Waals surface area contributed by atoms with Crippen molar-refractivity contribution in [3.05, 3.63) is 36.9 Å². The average molecular weight is 254 g/mol. The van der Waals surface area contributed by atoms with Crippen molar-refractivity contribution in [2.45, 2.75) is 0 Å². The van der Waals surface area contributed by atoms with E-state index >= 15 is 0 Å². The van der Waals surface area contributed by atoms with Gasteiger partial charge in [-0.3, -0.25) is 4.79 Å². The van der Waals surface area contributed by atoms with Crippen molar-refractivity contribution in [1.82, 2.24) is 0 Å². The number of amides is 1. The van der Waals surface area contributed by atoms with Crippen LogP contribution in [0.3, 0.4) is 0 Å². The lowest BCUT2D eigenvalue weighted by Gasteiger charge is -2.01. The molecule has 8 heteroatoms. The molecule has 1 N–H and O–H groups in total. The molecule has 0 heterocycles. The third-order valence-electron chi connectivity index (χ3n) is 1.58. The van der Waals surface area contributed by atoms with Gasteiger partial charge in [-0.15, -0.1) is 5.11 Å². The van der Waals surface area contributed by atoms with Crippen LogP contribution in [0.25, 0.3) is 0 Å². The summed E-state index contributed by atoms with van der Waals surface area (Å²) in [5.74, 6) is -0.374. The third kappa shape index (κ3) is 5.00. The molecule has 0 aliphatic heterocycles. The maximum atomic E-state index is 10.9. The zero-order chi connectivity index (χ0) is 12.9. The number of nitrogens with one attached hydrogen (secondary N) is 1. The molecular formula is C9H8N3O4S-. The summed E-state index contributed by atoms with van der Waals surface area (Å²) < 4.78 is 33.1. The molecule has 0 fully saturated rings. The van der Waals surface area contributed by atoms with Crippen molar-refractivity contribution in [2.75, 3.05) is 5.32 Å². The van der Waals surface area contributed by atoms with Gasteiger partial charge in [-0.1, -0.05) is 11.1 Å². The Morgan fingerprint density at radius 2 is 1.94 bits per heavy atom. The SMILES string of the molecule is C=CC(=O)Nc1ccc(N=NS(=O)(=O)[O-])cc1. The highest BCUT2D eigenvalue weighted by Gasteiger charge is 1.97. The first-order chi connectivity index (χ1) is 7.90. The Labute approximate surface area is 97.8 Å². The van der Waals surface area contributed by atoms with Gasteiger partial charge in [-0.05, 0) is 30.3 Å². The summed E-state index contributed by atoms with van der Waals surface area (Å²) >= 11 is 0. The van der Waals surface area contributed by atoms with Crippen LogP contribution < -0.4 is 5.32 Å². The highest BCUT2D eigenvalue weighted by Crippen LogP contribution is 2.17. The van der Waals surface area contributed by atoms with Gasteiger partial charge in [-0.2, -0.15) is 0 Å². The fourth-order valence-electron chi connectivity index (χ4n) is 0.902. The molecule has 1 amide bonds. The minimum absolute atomic E-state index is 0.182. The van der Waals surface area contributed by atoms with Gasteiger partial charge in [0, 0.05) is 5.69 Å². The fourth-order valence-corrected chi connectivity index (χ4v) is 1.10. The van der Waals surface area contributed by atoms with Crippen LogP contribution in [0.1, 0.15) is 0 Å². The van der Waals surface area contributed by atoms with Crippen LogP contribution in [0.2, 0.25) is 0 Å². The molecule has 0 aliphatic rings. The molecule has 0 radical (unpaired) electrons. The Morgan fingerprint density at radius 1 is 1.35 bits per heavy atom. The molecule has 0 bridgehead atoms. The molecule has 1 rings (SSSR count). The maximum Gasteiger partial charge on any atom is 0.247 e. The monoisotopic (exact) mass is 254 g/mol. The zero-order valence-corrected chi connectivity index (χ0v) is 9.35. The quantitative estimate of drug-likeness (QED) is 0.496. The number of carbonyl (C=O) groups is 1. The summed E-state index contributed by atoms with van der Waals surface area (Å²) in [6.07, 6.45) is 1.11. The second-order valence-corrected chi connectivity index (χ2v) is 3.87. The number of carbonyl (C=O) groups excluding carboxylic acids is 1. The van der Waals surface area contributed by atoms with E-state index in [2.05, 4.69) is 21.5 Å². The van der Waals surface area contributed by atoms with Crippen LogP contribution in [0.15, 0.2) is 46.6 Å². The molecule has 0 aliphatic carbocycles. The minimum Gasteiger partial charge on any atom is -0.728 e. The number of nitrogens with zero attached hydrogens (tertiary/aromatic N) is 2. The van der Waals surface area contributed by atoms with E-state index in [1.54, 1.807) is 0 Å². The van der Waals surface area contributed by atoms with E-state index in [0.717, 1.165) is 6.08 Å². The van der Waals surface area contributed by atoms with E-state index in [0.29, 0.717) is 5.69 Å². The topological polar surface area (TPSA) is 111 Å². The molecule has 0 unspecified atom stereocenters. The molecule has 90 valence electrons. The minimum atomic E-state index is -4.73. The van der Waals surface area contributed by atoms with Crippen molar-refractivity contribution in [3.8, 4) is 0 Å². The average Bonchev–Trinajstić information content (AvgIpc) is 2.27. The first-order valence-corrected chi connectivity index (χ1v) is 5.69. The molecule has 0 spiro atoms. The maximum absolute atomic E-state index is 10.9. The number of hydrogen-bond donors (Lipinski definition) is 1. The van der Waals surface area contributed by atoms with E-state index in [1.165, 1.54) is 24.3 Å². The molecule has 1 aromatic rings. The summed E-state index contributed by atoms with van der Waals surface area (Å²) in [4.78, 5) is 10.9. The lowest BCUT2D eigenvalue weighted by atomic mass is 10.3. The molecule has 0 atom stereocenters. The van der Waals surface area contributed by atoms with Gasteiger partial charge in [0.25, 0.3) is 0 Å². The fraction of sp³-hybridized carbons (Fsp3) is 0. The van der Waals surface area contributed by atoms with Crippen LogP contribution in [0, 0.1) is 0 Å². The summed E-state index contributed by atoms with van der Waals surface area (Å²) in [5.41, 5.74) is 0.667. The summed E-state index contributed by atoms with van der Waals surface area (Å²) in [5, 5.41) is 5.69. The van der Waals surface area contributed by atoms with Crippen molar-refractivity contribution >= 4 is 27.6 Å². The Hall–Kier alpha value is -2.06.